The van der Waals surface area contributed by atoms with Gasteiger partial charge in [0.2, 0.25) is 6.41 Å². The molecule has 1 saturated heterocycles. The number of halogens is 3. The second kappa shape index (κ2) is 8.78. The van der Waals surface area contributed by atoms with Gasteiger partial charge in [0.15, 0.2) is 0 Å². The summed E-state index contributed by atoms with van der Waals surface area (Å²) in [4.78, 5) is 25.4. The summed E-state index contributed by atoms with van der Waals surface area (Å²) in [5.74, 6) is 0.381. The summed E-state index contributed by atoms with van der Waals surface area (Å²) in [6.45, 7) is 2.77. The third-order valence-corrected chi connectivity index (χ3v) is 5.62. The molecule has 4 heterocycles. The van der Waals surface area contributed by atoms with Crippen molar-refractivity contribution in [3.05, 3.63) is 65.6 Å². The highest BCUT2D eigenvalue weighted by Gasteiger charge is 2.35. The van der Waals surface area contributed by atoms with Crippen molar-refractivity contribution in [1.29, 1.82) is 0 Å². The monoisotopic (exact) mass is 457 g/mol. The molecule has 0 saturated carbocycles. The lowest BCUT2D eigenvalue weighted by molar-refractivity contribution is -0.137. The average molecular weight is 457 g/mol. The number of carbonyl (C=O) groups is 1. The van der Waals surface area contributed by atoms with E-state index in [1.54, 1.807) is 29.3 Å². The molecule has 3 aromatic heterocycles. The van der Waals surface area contributed by atoms with E-state index in [4.69, 9.17) is 0 Å². The molecule has 0 bridgehead atoms. The van der Waals surface area contributed by atoms with Crippen LogP contribution in [0.5, 0.6) is 0 Å². The first-order valence-electron chi connectivity index (χ1n) is 10.3. The SMILES string of the molecule is Cc1cc(Nc2cc(C(F)(F)F)ccn2)nc(-c2ccc(C3(O)CCN(C=O)CC3)nc2)c1. The predicted molar refractivity (Wildman–Crippen MR) is 115 cm³/mol. The molecule has 1 aliphatic heterocycles. The van der Waals surface area contributed by atoms with E-state index in [1.165, 1.54) is 0 Å². The van der Waals surface area contributed by atoms with Crippen LogP contribution in [0.1, 0.15) is 29.7 Å². The molecule has 33 heavy (non-hydrogen) atoms. The van der Waals surface area contributed by atoms with Gasteiger partial charge in [-0.2, -0.15) is 13.2 Å². The van der Waals surface area contributed by atoms with Crippen molar-refractivity contribution in [3.8, 4) is 11.3 Å². The number of amides is 1. The number of likely N-dealkylation sites (tertiary alicyclic amines) is 1. The van der Waals surface area contributed by atoms with Gasteiger partial charge in [0.1, 0.15) is 17.2 Å². The van der Waals surface area contributed by atoms with Crippen LogP contribution in [0.25, 0.3) is 11.3 Å². The molecule has 1 amide bonds. The Balaban J connectivity index is 1.55. The Kier molecular flexibility index (Phi) is 6.03. The second-order valence-electron chi connectivity index (χ2n) is 8.07. The minimum Gasteiger partial charge on any atom is -0.383 e. The zero-order chi connectivity index (χ0) is 23.6. The van der Waals surface area contributed by atoms with Gasteiger partial charge in [0.05, 0.1) is 17.0 Å². The molecule has 0 spiro atoms. The number of aryl methyl sites for hydroxylation is 1. The van der Waals surface area contributed by atoms with Crippen molar-refractivity contribution in [2.45, 2.75) is 31.5 Å². The number of aromatic nitrogens is 3. The van der Waals surface area contributed by atoms with Gasteiger partial charge in [-0.25, -0.2) is 9.97 Å². The van der Waals surface area contributed by atoms with Gasteiger partial charge >= 0.3 is 6.18 Å². The largest absolute Gasteiger partial charge is 0.416 e. The van der Waals surface area contributed by atoms with Crippen LogP contribution in [0.4, 0.5) is 24.8 Å². The van der Waals surface area contributed by atoms with Gasteiger partial charge in [-0.3, -0.25) is 9.78 Å². The number of rotatable bonds is 5. The zero-order valence-corrected chi connectivity index (χ0v) is 17.8. The Hall–Kier alpha value is -3.53. The highest BCUT2D eigenvalue weighted by atomic mass is 19.4. The highest BCUT2D eigenvalue weighted by molar-refractivity contribution is 5.64. The molecule has 4 rings (SSSR count). The van der Waals surface area contributed by atoms with Gasteiger partial charge < -0.3 is 15.3 Å². The Morgan fingerprint density at radius 3 is 2.48 bits per heavy atom. The third-order valence-electron chi connectivity index (χ3n) is 5.62. The molecule has 1 aliphatic rings. The maximum atomic E-state index is 13.0. The summed E-state index contributed by atoms with van der Waals surface area (Å²) in [6.07, 6.45) is -0.189. The van der Waals surface area contributed by atoms with Gasteiger partial charge in [0, 0.05) is 31.0 Å². The molecule has 0 atom stereocenters. The first kappa shape index (κ1) is 22.7. The molecular formula is C23H22F3N5O2. The van der Waals surface area contributed by atoms with Crippen molar-refractivity contribution >= 4 is 18.0 Å². The van der Waals surface area contributed by atoms with E-state index in [0.717, 1.165) is 30.3 Å². The quantitative estimate of drug-likeness (QED) is 0.562. The highest BCUT2D eigenvalue weighted by Crippen LogP contribution is 2.33. The Bertz CT molecular complexity index is 1140. The fourth-order valence-corrected chi connectivity index (χ4v) is 3.76. The minimum absolute atomic E-state index is 0.0336. The summed E-state index contributed by atoms with van der Waals surface area (Å²) in [5.41, 5.74) is 0.738. The average Bonchev–Trinajstić information content (AvgIpc) is 2.79. The fraction of sp³-hybridized carbons (Fsp3) is 0.304. The van der Waals surface area contributed by atoms with Crippen molar-refractivity contribution in [1.82, 2.24) is 19.9 Å². The Morgan fingerprint density at radius 2 is 1.85 bits per heavy atom. The number of nitrogens with zero attached hydrogens (tertiary/aromatic N) is 4. The summed E-state index contributed by atoms with van der Waals surface area (Å²) >= 11 is 0. The maximum absolute atomic E-state index is 13.0. The molecule has 0 unspecified atom stereocenters. The van der Waals surface area contributed by atoms with E-state index in [2.05, 4.69) is 20.3 Å². The number of aliphatic hydroxyl groups is 1. The van der Waals surface area contributed by atoms with Crippen LogP contribution in [-0.4, -0.2) is 44.5 Å². The van der Waals surface area contributed by atoms with Gasteiger partial charge in [-0.1, -0.05) is 0 Å². The van der Waals surface area contributed by atoms with E-state index in [-0.39, 0.29) is 5.82 Å². The molecule has 172 valence electrons. The second-order valence-corrected chi connectivity index (χ2v) is 8.07. The number of anilines is 2. The van der Waals surface area contributed by atoms with E-state index < -0.39 is 17.3 Å². The molecule has 10 heteroatoms. The topological polar surface area (TPSA) is 91.2 Å². The molecule has 7 nitrogen and oxygen atoms in total. The molecule has 2 N–H and O–H groups in total. The summed E-state index contributed by atoms with van der Waals surface area (Å²) < 4.78 is 38.9. The lowest BCUT2D eigenvalue weighted by Gasteiger charge is -2.36. The van der Waals surface area contributed by atoms with E-state index in [9.17, 15) is 23.1 Å². The van der Waals surface area contributed by atoms with Gasteiger partial charge in [-0.15, -0.1) is 0 Å². The molecule has 0 radical (unpaired) electrons. The van der Waals surface area contributed by atoms with Crippen LogP contribution < -0.4 is 5.32 Å². The minimum atomic E-state index is -4.47. The van der Waals surface area contributed by atoms with Crippen molar-refractivity contribution < 1.29 is 23.1 Å². The smallest absolute Gasteiger partial charge is 0.383 e. The number of hydrogen-bond acceptors (Lipinski definition) is 6. The van der Waals surface area contributed by atoms with Gasteiger partial charge in [0.25, 0.3) is 0 Å². The Morgan fingerprint density at radius 1 is 1.09 bits per heavy atom. The normalized spacial score (nSPS) is 15.8. The number of piperidine rings is 1. The third kappa shape index (κ3) is 5.11. The first-order valence-corrected chi connectivity index (χ1v) is 10.3. The van der Waals surface area contributed by atoms with Gasteiger partial charge in [-0.05, 0) is 61.7 Å². The molecule has 0 aliphatic carbocycles. The van der Waals surface area contributed by atoms with E-state index in [0.29, 0.717) is 48.7 Å². The molecular weight excluding hydrogens is 435 g/mol. The molecule has 1 fully saturated rings. The van der Waals surface area contributed by atoms with Crippen LogP contribution in [-0.2, 0) is 16.6 Å². The Labute approximate surface area is 188 Å². The maximum Gasteiger partial charge on any atom is 0.416 e. The van der Waals surface area contributed by atoms with Crippen molar-refractivity contribution in [3.63, 3.8) is 0 Å². The van der Waals surface area contributed by atoms with Crippen molar-refractivity contribution in [2.24, 2.45) is 0 Å². The van der Waals surface area contributed by atoms with E-state index in [1.807, 2.05) is 13.0 Å². The zero-order valence-electron chi connectivity index (χ0n) is 17.8. The number of hydrogen-bond donors (Lipinski definition) is 2. The van der Waals surface area contributed by atoms with Crippen LogP contribution in [0.2, 0.25) is 0 Å². The van der Waals surface area contributed by atoms with E-state index >= 15 is 0 Å². The predicted octanol–water partition coefficient (Wildman–Crippen LogP) is 4.05. The van der Waals surface area contributed by atoms with Crippen LogP contribution in [0.15, 0.2) is 48.8 Å². The summed E-state index contributed by atoms with van der Waals surface area (Å²) in [5, 5.41) is 13.8. The van der Waals surface area contributed by atoms with Crippen molar-refractivity contribution in [2.75, 3.05) is 18.4 Å². The molecule has 3 aromatic rings. The first-order chi connectivity index (χ1) is 15.7. The lowest BCUT2D eigenvalue weighted by atomic mass is 9.87. The van der Waals surface area contributed by atoms with Crippen LogP contribution in [0.3, 0.4) is 0 Å². The number of nitrogens with one attached hydrogen (secondary N) is 1. The lowest BCUT2D eigenvalue weighted by Crippen LogP contribution is -2.42. The number of carbonyl (C=O) groups excluding carboxylic acids is 1. The summed E-state index contributed by atoms with van der Waals surface area (Å²) in [7, 11) is 0. The fourth-order valence-electron chi connectivity index (χ4n) is 3.76. The van der Waals surface area contributed by atoms with Crippen LogP contribution >= 0.6 is 0 Å². The van der Waals surface area contributed by atoms with Crippen LogP contribution in [0, 0.1) is 6.92 Å². The number of alkyl halides is 3. The number of pyridine rings is 3. The summed E-state index contributed by atoms with van der Waals surface area (Å²) in [6, 6.07) is 8.90. The molecule has 0 aromatic carbocycles. The standard InChI is InChI=1S/C23H22F3N5O2/c1-15-10-18(29-21(11-15)30-20-12-17(4-7-27-20)23(24,25)26)16-2-3-19(28-13-16)22(33)5-8-31(14-32)9-6-22/h2-4,7,10-14,33H,5-6,8-9H2,1H3,(H,27,29,30).